The first kappa shape index (κ1) is 15.6. The molecule has 110 valence electrons. The SMILES string of the molecule is COc1ccc(NCc2cc(Br)ccc2[N+](=O)[O-])cc1Cl. The molecule has 0 radical (unpaired) electrons. The molecular weight excluding hydrogens is 360 g/mol. The first-order valence-electron chi connectivity index (χ1n) is 6.01. The summed E-state index contributed by atoms with van der Waals surface area (Å²) in [6, 6.07) is 10.1. The normalized spacial score (nSPS) is 10.2. The third-order valence-electron chi connectivity index (χ3n) is 2.87. The van der Waals surface area contributed by atoms with Crippen molar-refractivity contribution in [1.29, 1.82) is 0 Å². The van der Waals surface area contributed by atoms with E-state index in [1.165, 1.54) is 6.07 Å². The van der Waals surface area contributed by atoms with E-state index in [0.29, 0.717) is 22.9 Å². The van der Waals surface area contributed by atoms with Crippen molar-refractivity contribution in [3.8, 4) is 5.75 Å². The molecule has 0 aromatic heterocycles. The molecule has 2 aromatic carbocycles. The number of nitro benzene ring substituents is 1. The summed E-state index contributed by atoms with van der Waals surface area (Å²) in [5.41, 5.74) is 1.42. The standard InChI is InChI=1S/C14H12BrClN2O3/c1-21-14-5-3-11(7-12(14)16)17-8-9-6-10(15)2-4-13(9)18(19)20/h2-7,17H,8H2,1H3. The minimum Gasteiger partial charge on any atom is -0.495 e. The van der Waals surface area contributed by atoms with E-state index in [0.717, 1.165) is 10.2 Å². The second-order valence-electron chi connectivity index (χ2n) is 4.23. The van der Waals surface area contributed by atoms with Crippen molar-refractivity contribution in [3.63, 3.8) is 0 Å². The second-order valence-corrected chi connectivity index (χ2v) is 5.56. The van der Waals surface area contributed by atoms with Gasteiger partial charge in [-0.1, -0.05) is 27.5 Å². The molecule has 0 aliphatic heterocycles. The molecule has 21 heavy (non-hydrogen) atoms. The summed E-state index contributed by atoms with van der Waals surface area (Å²) >= 11 is 9.35. The Kier molecular flexibility index (Phi) is 5.03. The van der Waals surface area contributed by atoms with Crippen LogP contribution in [-0.2, 0) is 6.54 Å². The van der Waals surface area contributed by atoms with Gasteiger partial charge >= 0.3 is 0 Å². The van der Waals surface area contributed by atoms with Crippen LogP contribution in [-0.4, -0.2) is 12.0 Å². The van der Waals surface area contributed by atoms with E-state index in [1.54, 1.807) is 37.4 Å². The van der Waals surface area contributed by atoms with Gasteiger partial charge in [-0.3, -0.25) is 10.1 Å². The van der Waals surface area contributed by atoms with Gasteiger partial charge in [-0.2, -0.15) is 0 Å². The zero-order chi connectivity index (χ0) is 15.4. The second kappa shape index (κ2) is 6.78. The summed E-state index contributed by atoms with van der Waals surface area (Å²) in [6.07, 6.45) is 0. The summed E-state index contributed by atoms with van der Waals surface area (Å²) in [5, 5.41) is 14.6. The Balaban J connectivity index is 2.18. The van der Waals surface area contributed by atoms with Gasteiger partial charge in [0, 0.05) is 28.3 Å². The molecule has 0 heterocycles. The lowest BCUT2D eigenvalue weighted by Gasteiger charge is -2.09. The van der Waals surface area contributed by atoms with Crippen molar-refractivity contribution in [3.05, 3.63) is 61.6 Å². The highest BCUT2D eigenvalue weighted by atomic mass is 79.9. The van der Waals surface area contributed by atoms with Gasteiger partial charge in [0.25, 0.3) is 5.69 Å². The van der Waals surface area contributed by atoms with E-state index in [4.69, 9.17) is 16.3 Å². The molecule has 0 aliphatic rings. The van der Waals surface area contributed by atoms with Crippen LogP contribution in [0.1, 0.15) is 5.56 Å². The van der Waals surface area contributed by atoms with Gasteiger partial charge in [0.1, 0.15) is 5.75 Å². The molecule has 0 aliphatic carbocycles. The van der Waals surface area contributed by atoms with Crippen molar-refractivity contribution in [1.82, 2.24) is 0 Å². The average molecular weight is 372 g/mol. The van der Waals surface area contributed by atoms with E-state index in [1.807, 2.05) is 0 Å². The summed E-state index contributed by atoms with van der Waals surface area (Å²) in [6.45, 7) is 0.318. The number of hydrogen-bond donors (Lipinski definition) is 1. The van der Waals surface area contributed by atoms with Crippen molar-refractivity contribution < 1.29 is 9.66 Å². The van der Waals surface area contributed by atoms with Crippen LogP contribution < -0.4 is 10.1 Å². The highest BCUT2D eigenvalue weighted by Gasteiger charge is 2.13. The number of methoxy groups -OCH3 is 1. The smallest absolute Gasteiger partial charge is 0.274 e. The summed E-state index contributed by atoms with van der Waals surface area (Å²) in [5.74, 6) is 0.579. The lowest BCUT2D eigenvalue weighted by molar-refractivity contribution is -0.385. The highest BCUT2D eigenvalue weighted by Crippen LogP contribution is 2.28. The fraction of sp³-hybridized carbons (Fsp3) is 0.143. The van der Waals surface area contributed by atoms with Crippen LogP contribution in [0.25, 0.3) is 0 Å². The first-order valence-corrected chi connectivity index (χ1v) is 7.18. The van der Waals surface area contributed by atoms with E-state index < -0.39 is 4.92 Å². The minimum atomic E-state index is -0.398. The lowest BCUT2D eigenvalue weighted by atomic mass is 10.1. The fourth-order valence-electron chi connectivity index (χ4n) is 1.85. The number of ether oxygens (including phenoxy) is 1. The zero-order valence-electron chi connectivity index (χ0n) is 11.1. The Labute approximate surface area is 135 Å². The van der Waals surface area contributed by atoms with Gasteiger partial charge in [0.05, 0.1) is 17.1 Å². The Bertz CT molecular complexity index is 679. The summed E-state index contributed by atoms with van der Waals surface area (Å²) in [7, 11) is 1.54. The van der Waals surface area contributed by atoms with E-state index in [-0.39, 0.29) is 5.69 Å². The van der Waals surface area contributed by atoms with Crippen molar-refractivity contribution in [2.24, 2.45) is 0 Å². The number of rotatable bonds is 5. The van der Waals surface area contributed by atoms with Crippen LogP contribution in [0.2, 0.25) is 5.02 Å². The number of nitro groups is 1. The van der Waals surface area contributed by atoms with Gasteiger partial charge in [-0.05, 0) is 30.3 Å². The first-order chi connectivity index (χ1) is 10.0. The molecule has 1 N–H and O–H groups in total. The molecule has 0 amide bonds. The van der Waals surface area contributed by atoms with E-state index in [9.17, 15) is 10.1 Å². The highest BCUT2D eigenvalue weighted by molar-refractivity contribution is 9.10. The largest absolute Gasteiger partial charge is 0.495 e. The predicted molar refractivity (Wildman–Crippen MR) is 86.1 cm³/mol. The molecule has 0 fully saturated rings. The topological polar surface area (TPSA) is 64.4 Å². The van der Waals surface area contributed by atoms with Crippen LogP contribution in [0.5, 0.6) is 5.75 Å². The van der Waals surface area contributed by atoms with Crippen LogP contribution >= 0.6 is 27.5 Å². The molecule has 0 unspecified atom stereocenters. The number of nitrogens with one attached hydrogen (secondary N) is 1. The molecule has 2 aromatic rings. The Hall–Kier alpha value is -1.79. The van der Waals surface area contributed by atoms with Gasteiger partial charge < -0.3 is 10.1 Å². The van der Waals surface area contributed by atoms with Gasteiger partial charge in [0.15, 0.2) is 0 Å². The number of halogens is 2. The maximum absolute atomic E-state index is 11.0. The van der Waals surface area contributed by atoms with Crippen LogP contribution in [0.15, 0.2) is 40.9 Å². The van der Waals surface area contributed by atoms with Gasteiger partial charge in [-0.15, -0.1) is 0 Å². The molecule has 7 heteroatoms. The van der Waals surface area contributed by atoms with E-state index in [2.05, 4.69) is 21.2 Å². The monoisotopic (exact) mass is 370 g/mol. The van der Waals surface area contributed by atoms with Crippen LogP contribution in [0, 0.1) is 10.1 Å². The maximum Gasteiger partial charge on any atom is 0.274 e. The number of nitrogens with zero attached hydrogens (tertiary/aromatic N) is 1. The molecule has 0 saturated heterocycles. The van der Waals surface area contributed by atoms with Crippen molar-refractivity contribution in [2.75, 3.05) is 12.4 Å². The predicted octanol–water partition coefficient (Wildman–Crippen LogP) is 4.63. The van der Waals surface area contributed by atoms with Crippen molar-refractivity contribution >= 4 is 38.9 Å². The lowest BCUT2D eigenvalue weighted by Crippen LogP contribution is -2.03. The summed E-state index contributed by atoms with van der Waals surface area (Å²) in [4.78, 5) is 10.6. The van der Waals surface area contributed by atoms with Crippen molar-refractivity contribution in [2.45, 2.75) is 6.54 Å². The van der Waals surface area contributed by atoms with E-state index >= 15 is 0 Å². The zero-order valence-corrected chi connectivity index (χ0v) is 13.4. The molecule has 0 atom stereocenters. The molecule has 2 rings (SSSR count). The van der Waals surface area contributed by atoms with Crippen LogP contribution in [0.3, 0.4) is 0 Å². The van der Waals surface area contributed by atoms with Gasteiger partial charge in [0.2, 0.25) is 0 Å². The number of anilines is 1. The Morgan fingerprint density at radius 2 is 2.10 bits per heavy atom. The summed E-state index contributed by atoms with van der Waals surface area (Å²) < 4.78 is 5.86. The fourth-order valence-corrected chi connectivity index (χ4v) is 2.51. The molecule has 5 nitrogen and oxygen atoms in total. The Morgan fingerprint density at radius 1 is 1.33 bits per heavy atom. The number of hydrogen-bond acceptors (Lipinski definition) is 4. The minimum absolute atomic E-state index is 0.0744. The average Bonchev–Trinajstić information content (AvgIpc) is 2.45. The quantitative estimate of drug-likeness (QED) is 0.614. The molecular formula is C14H12BrClN2O3. The third kappa shape index (κ3) is 3.86. The third-order valence-corrected chi connectivity index (χ3v) is 3.66. The van der Waals surface area contributed by atoms with Gasteiger partial charge in [-0.25, -0.2) is 0 Å². The molecule has 0 spiro atoms. The molecule has 0 saturated carbocycles. The maximum atomic E-state index is 11.0. The molecule has 0 bridgehead atoms. The number of benzene rings is 2. The Morgan fingerprint density at radius 3 is 2.71 bits per heavy atom. The van der Waals surface area contributed by atoms with Crippen LogP contribution in [0.4, 0.5) is 11.4 Å².